The number of nitrogens with zero attached hydrogens (tertiary/aromatic N) is 2. The highest BCUT2D eigenvalue weighted by Gasteiger charge is 2.52. The maximum atomic E-state index is 12.9. The third-order valence-electron chi connectivity index (χ3n) is 7.53. The normalized spacial score (nSPS) is 47.0. The maximum absolute atomic E-state index is 12.9. The smallest absolute Gasteiger partial charge is 0.320 e. The number of ketones is 1. The van der Waals surface area contributed by atoms with E-state index in [2.05, 4.69) is 34.7 Å². The van der Waals surface area contributed by atoms with Gasteiger partial charge in [0.25, 0.3) is 0 Å². The molecule has 2 amide bonds. The van der Waals surface area contributed by atoms with Crippen molar-refractivity contribution in [2.45, 2.75) is 95.2 Å². The molecule has 0 aromatic heterocycles. The molecule has 5 saturated heterocycles. The van der Waals surface area contributed by atoms with Crippen LogP contribution >= 0.6 is 0 Å². The van der Waals surface area contributed by atoms with E-state index >= 15 is 0 Å². The molecule has 0 aromatic rings. The van der Waals surface area contributed by atoms with Crippen LogP contribution in [0.3, 0.4) is 0 Å². The first-order valence-electron chi connectivity index (χ1n) is 11.0. The Bertz CT molecular complexity index is 645. The van der Waals surface area contributed by atoms with Crippen LogP contribution in [-0.4, -0.2) is 77.5 Å². The second-order valence-electron chi connectivity index (χ2n) is 9.24. The molecule has 5 fully saturated rings. The number of carbonyl (C=O) groups is 2. The van der Waals surface area contributed by atoms with Crippen molar-refractivity contribution in [1.82, 2.24) is 25.8 Å². The van der Waals surface area contributed by atoms with Gasteiger partial charge < -0.3 is 15.0 Å². The summed E-state index contributed by atoms with van der Waals surface area (Å²) >= 11 is 0. The quantitative estimate of drug-likeness (QED) is 0.560. The number of Topliss-reactive ketones (excluding diaryl/α,β-unsaturated/α-hetero) is 1. The first-order chi connectivity index (χ1) is 13.5. The van der Waals surface area contributed by atoms with Gasteiger partial charge in [0.1, 0.15) is 11.9 Å². The molecule has 5 heterocycles. The Morgan fingerprint density at radius 1 is 1.07 bits per heavy atom. The summed E-state index contributed by atoms with van der Waals surface area (Å²) in [5.74, 6) is 0.426. The minimum absolute atomic E-state index is 0.0117. The Morgan fingerprint density at radius 2 is 1.93 bits per heavy atom. The maximum Gasteiger partial charge on any atom is 0.320 e. The number of hydrogen-bond acceptors (Lipinski definition) is 6. The van der Waals surface area contributed by atoms with Crippen molar-refractivity contribution < 1.29 is 14.3 Å². The fourth-order valence-electron chi connectivity index (χ4n) is 6.05. The summed E-state index contributed by atoms with van der Waals surface area (Å²) in [5.41, 5.74) is 0. The molecular weight excluding hydrogens is 358 g/mol. The number of carbonyl (C=O) groups excluding carboxylic acids is 2. The van der Waals surface area contributed by atoms with Gasteiger partial charge in [0, 0.05) is 24.9 Å². The summed E-state index contributed by atoms with van der Waals surface area (Å²) in [6.45, 7) is 6.08. The summed E-state index contributed by atoms with van der Waals surface area (Å²) < 4.78 is 6.49. The highest BCUT2D eigenvalue weighted by atomic mass is 16.5. The molecule has 0 saturated carbocycles. The number of amides is 2. The largest absolute Gasteiger partial charge is 0.373 e. The molecule has 5 aliphatic rings. The van der Waals surface area contributed by atoms with Gasteiger partial charge in [0.2, 0.25) is 0 Å². The van der Waals surface area contributed by atoms with Gasteiger partial charge in [-0.2, -0.15) is 0 Å². The van der Waals surface area contributed by atoms with E-state index in [1.165, 1.54) is 0 Å². The lowest BCUT2D eigenvalue weighted by atomic mass is 9.83. The molecule has 8 atom stereocenters. The van der Waals surface area contributed by atoms with Crippen LogP contribution in [0.1, 0.15) is 52.4 Å². The number of piperidine rings is 3. The number of ether oxygens (including phenoxy) is 1. The molecule has 3 N–H and O–H groups in total. The molecule has 8 nitrogen and oxygen atoms in total. The molecule has 156 valence electrons. The van der Waals surface area contributed by atoms with Crippen LogP contribution in [0.5, 0.6) is 0 Å². The van der Waals surface area contributed by atoms with Gasteiger partial charge in [-0.15, -0.1) is 0 Å². The highest BCUT2D eigenvalue weighted by Crippen LogP contribution is 2.35. The Kier molecular flexibility index (Phi) is 4.85. The molecule has 5 aliphatic heterocycles. The standard InChI is InChI=1S/C20H33N5O3/c1-11-3-4-12(2)28-15-7-9-21-18-17(15)25(20(27)23-18)16-6-5-13-14(26)8-10-24(11)19(13)22-16/h11-13,15-19,21-22H,3-10H2,1-2H3,(H,23,27)/t11-,12-,13?,15?,16?,17?,18?,19?/m0/s1. The third kappa shape index (κ3) is 3.05. The summed E-state index contributed by atoms with van der Waals surface area (Å²) in [6, 6.07) is 0.351. The van der Waals surface area contributed by atoms with Gasteiger partial charge in [-0.25, -0.2) is 4.79 Å². The fourth-order valence-corrected chi connectivity index (χ4v) is 6.05. The summed E-state index contributed by atoms with van der Waals surface area (Å²) in [4.78, 5) is 30.0. The van der Waals surface area contributed by atoms with Gasteiger partial charge in [-0.1, -0.05) is 0 Å². The van der Waals surface area contributed by atoms with E-state index in [-0.39, 0.29) is 48.7 Å². The Morgan fingerprint density at radius 3 is 2.79 bits per heavy atom. The zero-order valence-electron chi connectivity index (χ0n) is 16.9. The van der Waals surface area contributed by atoms with Crippen molar-refractivity contribution in [3.63, 3.8) is 0 Å². The molecule has 5 rings (SSSR count). The van der Waals surface area contributed by atoms with E-state index < -0.39 is 0 Å². The monoisotopic (exact) mass is 391 g/mol. The van der Waals surface area contributed by atoms with E-state index in [0.717, 1.165) is 45.2 Å². The van der Waals surface area contributed by atoms with Gasteiger partial charge >= 0.3 is 6.03 Å². The SMILES string of the molecule is C[C@H]1CC[C@H](C)N2CCC(=O)C3CCC(NC32)N2C(=O)NC3NCCC(O1)C32. The summed E-state index contributed by atoms with van der Waals surface area (Å²) in [6.07, 6.45) is 5.39. The predicted octanol–water partition coefficient (Wildman–Crippen LogP) is 0.582. The Hall–Kier alpha value is -1.22. The minimum atomic E-state index is -0.0658. The number of fused-ring (bicyclic) bond motifs is 2. The molecule has 8 heteroatoms. The lowest BCUT2D eigenvalue weighted by molar-refractivity contribution is -0.137. The van der Waals surface area contributed by atoms with Crippen molar-refractivity contribution in [1.29, 1.82) is 0 Å². The minimum Gasteiger partial charge on any atom is -0.373 e. The number of urea groups is 1. The van der Waals surface area contributed by atoms with Gasteiger partial charge in [-0.3, -0.25) is 20.3 Å². The first kappa shape index (κ1) is 18.8. The first-order valence-corrected chi connectivity index (χ1v) is 11.0. The van der Waals surface area contributed by atoms with E-state index in [0.29, 0.717) is 18.2 Å². The molecule has 0 spiro atoms. The number of nitrogens with one attached hydrogen (secondary N) is 3. The van der Waals surface area contributed by atoms with Gasteiger partial charge in [0.05, 0.1) is 30.6 Å². The second-order valence-corrected chi connectivity index (χ2v) is 9.24. The zero-order chi connectivity index (χ0) is 19.4. The van der Waals surface area contributed by atoms with E-state index in [4.69, 9.17) is 4.74 Å². The van der Waals surface area contributed by atoms with Gasteiger partial charge in [-0.05, 0) is 52.5 Å². The van der Waals surface area contributed by atoms with Crippen molar-refractivity contribution >= 4 is 11.8 Å². The van der Waals surface area contributed by atoms with Crippen molar-refractivity contribution in [3.05, 3.63) is 0 Å². The zero-order valence-corrected chi connectivity index (χ0v) is 16.9. The average Bonchev–Trinajstić information content (AvgIpc) is 3.02. The Balaban J connectivity index is 1.49. The summed E-state index contributed by atoms with van der Waals surface area (Å²) in [7, 11) is 0. The van der Waals surface area contributed by atoms with E-state index in [9.17, 15) is 9.59 Å². The van der Waals surface area contributed by atoms with Crippen LogP contribution in [0, 0.1) is 5.92 Å². The molecule has 6 unspecified atom stereocenters. The molecule has 0 aliphatic carbocycles. The van der Waals surface area contributed by atoms with E-state index in [1.807, 2.05) is 4.90 Å². The third-order valence-corrected chi connectivity index (χ3v) is 7.53. The van der Waals surface area contributed by atoms with Crippen LogP contribution in [0.4, 0.5) is 4.79 Å². The fraction of sp³-hybridized carbons (Fsp3) is 0.900. The lowest BCUT2D eigenvalue weighted by Gasteiger charge is -2.51. The Labute approximate surface area is 166 Å². The second kappa shape index (κ2) is 7.23. The molecule has 2 bridgehead atoms. The van der Waals surface area contributed by atoms with Gasteiger partial charge in [0.15, 0.2) is 0 Å². The van der Waals surface area contributed by atoms with E-state index in [1.54, 1.807) is 0 Å². The average molecular weight is 392 g/mol. The van der Waals surface area contributed by atoms with Crippen LogP contribution < -0.4 is 16.0 Å². The molecule has 0 aromatic carbocycles. The van der Waals surface area contributed by atoms with Crippen LogP contribution in [0.15, 0.2) is 0 Å². The highest BCUT2D eigenvalue weighted by molar-refractivity contribution is 5.83. The summed E-state index contributed by atoms with van der Waals surface area (Å²) in [5, 5.41) is 10.3. The number of rotatable bonds is 0. The van der Waals surface area contributed by atoms with Crippen LogP contribution in [0.25, 0.3) is 0 Å². The molecular formula is C20H33N5O3. The van der Waals surface area contributed by atoms with Crippen LogP contribution in [-0.2, 0) is 9.53 Å². The van der Waals surface area contributed by atoms with Crippen molar-refractivity contribution in [2.24, 2.45) is 5.92 Å². The molecule has 0 radical (unpaired) electrons. The topological polar surface area (TPSA) is 85.9 Å². The lowest BCUT2D eigenvalue weighted by Crippen LogP contribution is -2.69. The van der Waals surface area contributed by atoms with Crippen molar-refractivity contribution in [3.8, 4) is 0 Å². The number of hydrogen-bond donors (Lipinski definition) is 3. The molecule has 28 heavy (non-hydrogen) atoms. The predicted molar refractivity (Wildman–Crippen MR) is 103 cm³/mol. The van der Waals surface area contributed by atoms with Crippen molar-refractivity contribution in [2.75, 3.05) is 13.1 Å². The van der Waals surface area contributed by atoms with Crippen LogP contribution in [0.2, 0.25) is 0 Å².